The lowest BCUT2D eigenvalue weighted by Crippen LogP contribution is -2.40. The van der Waals surface area contributed by atoms with Crippen LogP contribution in [-0.4, -0.2) is 77.0 Å². The number of nitrogens with one attached hydrogen (secondary N) is 1. The molecule has 7 nitrogen and oxygen atoms in total. The number of amides is 1. The van der Waals surface area contributed by atoms with Gasteiger partial charge in [-0.1, -0.05) is 6.07 Å². The molecule has 8 heteroatoms. The van der Waals surface area contributed by atoms with Crippen molar-refractivity contribution < 1.29 is 17.9 Å². The highest BCUT2D eigenvalue weighted by Crippen LogP contribution is 2.21. The van der Waals surface area contributed by atoms with Gasteiger partial charge in [-0.2, -0.15) is 4.31 Å². The molecule has 1 fully saturated rings. The lowest BCUT2D eigenvalue weighted by Gasteiger charge is -2.26. The minimum Gasteiger partial charge on any atom is -0.379 e. The maximum Gasteiger partial charge on any atom is 0.253 e. The third kappa shape index (κ3) is 4.13. The molecule has 1 aliphatic heterocycles. The summed E-state index contributed by atoms with van der Waals surface area (Å²) in [6.07, 6.45) is 0. The Morgan fingerprint density at radius 1 is 1.33 bits per heavy atom. The molecule has 0 unspecified atom stereocenters. The average molecular weight is 355 g/mol. The molecule has 1 heterocycles. The summed E-state index contributed by atoms with van der Waals surface area (Å²) in [7, 11) is -0.0781. The molecule has 1 aromatic rings. The van der Waals surface area contributed by atoms with E-state index in [1.807, 2.05) is 14.0 Å². The monoisotopic (exact) mass is 355 g/mol. The third-order valence-electron chi connectivity index (χ3n) is 4.09. The third-order valence-corrected chi connectivity index (χ3v) is 5.99. The van der Waals surface area contributed by atoms with E-state index >= 15 is 0 Å². The number of hydrogen-bond acceptors (Lipinski definition) is 5. The smallest absolute Gasteiger partial charge is 0.253 e. The molecule has 0 aliphatic carbocycles. The summed E-state index contributed by atoms with van der Waals surface area (Å²) < 4.78 is 32.1. The Morgan fingerprint density at radius 2 is 2.00 bits per heavy atom. The second-order valence-electron chi connectivity index (χ2n) is 5.82. The van der Waals surface area contributed by atoms with Crippen LogP contribution < -0.4 is 5.32 Å². The topological polar surface area (TPSA) is 79.0 Å². The maximum atomic E-state index is 12.8. The van der Waals surface area contributed by atoms with Crippen LogP contribution in [0.3, 0.4) is 0 Å². The highest BCUT2D eigenvalue weighted by atomic mass is 32.2. The van der Waals surface area contributed by atoms with Crippen molar-refractivity contribution in [1.82, 2.24) is 14.5 Å². The van der Waals surface area contributed by atoms with E-state index in [1.54, 1.807) is 24.1 Å². The Labute approximate surface area is 143 Å². The van der Waals surface area contributed by atoms with Gasteiger partial charge in [0.2, 0.25) is 10.0 Å². The van der Waals surface area contributed by atoms with E-state index in [0.717, 1.165) is 5.56 Å². The number of ether oxygens (including phenoxy) is 1. The zero-order chi connectivity index (χ0) is 17.7. The molecule has 24 heavy (non-hydrogen) atoms. The van der Waals surface area contributed by atoms with Crippen LogP contribution in [0.4, 0.5) is 0 Å². The van der Waals surface area contributed by atoms with Crippen LogP contribution in [0, 0.1) is 6.92 Å². The molecule has 2 rings (SSSR count). The van der Waals surface area contributed by atoms with E-state index in [2.05, 4.69) is 5.32 Å². The van der Waals surface area contributed by atoms with Gasteiger partial charge in [-0.15, -0.1) is 0 Å². The maximum absolute atomic E-state index is 12.8. The SMILES string of the molecule is CNCCN(C)C(=O)c1cc(S(=O)(=O)N2CCOCC2)ccc1C. The summed E-state index contributed by atoms with van der Waals surface area (Å²) in [6.45, 7) is 4.49. The van der Waals surface area contributed by atoms with Crippen molar-refractivity contribution >= 4 is 15.9 Å². The number of rotatable bonds is 6. The standard InChI is InChI=1S/C16H25N3O4S/c1-13-4-5-14(24(21,22)19-8-10-23-11-9-19)12-15(13)16(20)18(3)7-6-17-2/h4-5,12,17H,6-11H2,1-3H3. The highest BCUT2D eigenvalue weighted by Gasteiger charge is 2.27. The molecule has 1 aromatic carbocycles. The number of carbonyl (C=O) groups excluding carboxylic acids is 1. The number of likely N-dealkylation sites (N-methyl/N-ethyl adjacent to an activating group) is 2. The van der Waals surface area contributed by atoms with Crippen LogP contribution in [0.1, 0.15) is 15.9 Å². The van der Waals surface area contributed by atoms with Crippen molar-refractivity contribution in [3.63, 3.8) is 0 Å². The molecule has 134 valence electrons. The fourth-order valence-corrected chi connectivity index (χ4v) is 3.95. The lowest BCUT2D eigenvalue weighted by molar-refractivity contribution is 0.0730. The Morgan fingerprint density at radius 3 is 2.62 bits per heavy atom. The zero-order valence-corrected chi connectivity index (χ0v) is 15.2. The molecular weight excluding hydrogens is 330 g/mol. The first-order chi connectivity index (χ1) is 11.4. The van der Waals surface area contributed by atoms with Crippen molar-refractivity contribution in [2.24, 2.45) is 0 Å². The summed E-state index contributed by atoms with van der Waals surface area (Å²) in [4.78, 5) is 14.3. The van der Waals surface area contributed by atoms with E-state index < -0.39 is 10.0 Å². The minimum atomic E-state index is -3.61. The van der Waals surface area contributed by atoms with E-state index in [-0.39, 0.29) is 10.8 Å². The second kappa shape index (κ2) is 8.06. The molecule has 0 radical (unpaired) electrons. The first-order valence-corrected chi connectivity index (χ1v) is 9.40. The van der Waals surface area contributed by atoms with E-state index in [9.17, 15) is 13.2 Å². The number of nitrogens with zero attached hydrogens (tertiary/aromatic N) is 2. The van der Waals surface area contributed by atoms with Crippen molar-refractivity contribution in [1.29, 1.82) is 0 Å². The lowest BCUT2D eigenvalue weighted by atomic mass is 10.1. The van der Waals surface area contributed by atoms with Crippen molar-refractivity contribution in [2.75, 3.05) is 53.5 Å². The van der Waals surface area contributed by atoms with Gasteiger partial charge >= 0.3 is 0 Å². The molecule has 0 aromatic heterocycles. The number of sulfonamides is 1. The van der Waals surface area contributed by atoms with Crippen molar-refractivity contribution in [3.05, 3.63) is 29.3 Å². The fourth-order valence-electron chi connectivity index (χ4n) is 2.51. The molecule has 1 N–H and O–H groups in total. The molecule has 0 bridgehead atoms. The first-order valence-electron chi connectivity index (χ1n) is 7.96. The Kier molecular flexibility index (Phi) is 6.34. The van der Waals surface area contributed by atoms with Gasteiger partial charge in [-0.3, -0.25) is 4.79 Å². The van der Waals surface area contributed by atoms with Gasteiger partial charge in [0, 0.05) is 38.8 Å². The number of benzene rings is 1. The first kappa shape index (κ1) is 18.9. The van der Waals surface area contributed by atoms with E-state index in [1.165, 1.54) is 10.4 Å². The average Bonchev–Trinajstić information content (AvgIpc) is 2.60. The van der Waals surface area contributed by atoms with Crippen LogP contribution in [0.2, 0.25) is 0 Å². The van der Waals surface area contributed by atoms with Gasteiger partial charge in [0.25, 0.3) is 5.91 Å². The second-order valence-corrected chi connectivity index (χ2v) is 7.76. The Bertz CT molecular complexity index is 685. The van der Waals surface area contributed by atoms with Crippen molar-refractivity contribution in [2.45, 2.75) is 11.8 Å². The Hall–Kier alpha value is -1.48. The van der Waals surface area contributed by atoms with E-state index in [0.29, 0.717) is 45.0 Å². The summed E-state index contributed by atoms with van der Waals surface area (Å²) in [5, 5.41) is 2.99. The van der Waals surface area contributed by atoms with E-state index in [4.69, 9.17) is 4.74 Å². The predicted octanol–water partition coefficient (Wildman–Crippen LogP) is 0.307. The molecule has 1 aliphatic rings. The molecule has 0 spiro atoms. The van der Waals surface area contributed by atoms with Gasteiger partial charge in [-0.05, 0) is 31.7 Å². The highest BCUT2D eigenvalue weighted by molar-refractivity contribution is 7.89. The number of morpholine rings is 1. The number of hydrogen-bond donors (Lipinski definition) is 1. The van der Waals surface area contributed by atoms with Gasteiger partial charge in [-0.25, -0.2) is 8.42 Å². The summed E-state index contributed by atoms with van der Waals surface area (Å²) in [6, 6.07) is 4.73. The fraction of sp³-hybridized carbons (Fsp3) is 0.562. The number of aryl methyl sites for hydroxylation is 1. The van der Waals surface area contributed by atoms with Crippen molar-refractivity contribution in [3.8, 4) is 0 Å². The van der Waals surface area contributed by atoms with Crippen LogP contribution >= 0.6 is 0 Å². The Balaban J connectivity index is 2.29. The summed E-state index contributed by atoms with van der Waals surface area (Å²) in [5.41, 5.74) is 1.18. The van der Waals surface area contributed by atoms with Crippen LogP contribution in [0.25, 0.3) is 0 Å². The minimum absolute atomic E-state index is 0.153. The van der Waals surface area contributed by atoms with Crippen LogP contribution in [0.5, 0.6) is 0 Å². The molecule has 0 saturated carbocycles. The van der Waals surface area contributed by atoms with Crippen LogP contribution in [-0.2, 0) is 14.8 Å². The summed E-state index contributed by atoms with van der Waals surface area (Å²) >= 11 is 0. The molecule has 1 amide bonds. The van der Waals surface area contributed by atoms with Gasteiger partial charge in [0.1, 0.15) is 0 Å². The van der Waals surface area contributed by atoms with Gasteiger partial charge < -0.3 is 15.0 Å². The summed E-state index contributed by atoms with van der Waals surface area (Å²) in [5.74, 6) is -0.179. The molecular formula is C16H25N3O4S. The van der Waals surface area contributed by atoms with Gasteiger partial charge in [0.15, 0.2) is 0 Å². The largest absolute Gasteiger partial charge is 0.379 e. The normalized spacial score (nSPS) is 16.1. The van der Waals surface area contributed by atoms with Gasteiger partial charge in [0.05, 0.1) is 18.1 Å². The van der Waals surface area contributed by atoms with Crippen LogP contribution in [0.15, 0.2) is 23.1 Å². The quantitative estimate of drug-likeness (QED) is 0.794. The zero-order valence-electron chi connectivity index (χ0n) is 14.4. The molecule has 1 saturated heterocycles. The predicted molar refractivity (Wildman–Crippen MR) is 91.6 cm³/mol. The number of carbonyl (C=O) groups is 1. The molecule has 0 atom stereocenters.